The predicted molar refractivity (Wildman–Crippen MR) is 85.4 cm³/mol. The van der Waals surface area contributed by atoms with E-state index in [0.29, 0.717) is 18.2 Å². The van der Waals surface area contributed by atoms with Crippen molar-refractivity contribution in [3.8, 4) is 0 Å². The number of halogens is 1. The maximum atomic E-state index is 12.1. The van der Waals surface area contributed by atoms with E-state index in [4.69, 9.17) is 11.6 Å². The van der Waals surface area contributed by atoms with E-state index in [2.05, 4.69) is 22.4 Å². The van der Waals surface area contributed by atoms with Crippen LogP contribution in [-0.2, 0) is 11.3 Å². The number of hydrogen-bond acceptors (Lipinski definition) is 3. The molecule has 1 fully saturated rings. The number of carbonyl (C=O) groups is 1. The van der Waals surface area contributed by atoms with Crippen molar-refractivity contribution >= 4 is 28.8 Å². The van der Waals surface area contributed by atoms with E-state index in [1.165, 1.54) is 4.88 Å². The maximum absolute atomic E-state index is 12.1. The van der Waals surface area contributed by atoms with Gasteiger partial charge in [0.15, 0.2) is 0 Å². The average molecular weight is 315 g/mol. The Morgan fingerprint density at radius 1 is 1.25 bits per heavy atom. The number of unbranched alkanes of at least 4 members (excludes halogenated alkanes) is 1. The van der Waals surface area contributed by atoms with Crippen molar-refractivity contribution in [1.29, 1.82) is 0 Å². The number of hydrogen-bond donors (Lipinski definition) is 0. The second-order valence-corrected chi connectivity index (χ2v) is 6.65. The molecule has 1 aromatic heterocycles. The molecule has 3 nitrogen and oxygen atoms in total. The molecule has 5 heteroatoms. The van der Waals surface area contributed by atoms with Crippen molar-refractivity contribution in [3.63, 3.8) is 0 Å². The summed E-state index contributed by atoms with van der Waals surface area (Å²) in [7, 11) is 0. The molecule has 20 heavy (non-hydrogen) atoms. The SMILES string of the molecule is O=C(CCCCCl)N1CCCN(Cc2cccs2)CC1. The Balaban J connectivity index is 1.75. The topological polar surface area (TPSA) is 23.6 Å². The number of carbonyl (C=O) groups excluding carboxylic acids is 1. The smallest absolute Gasteiger partial charge is 0.222 e. The van der Waals surface area contributed by atoms with Crippen LogP contribution >= 0.6 is 22.9 Å². The normalized spacial score (nSPS) is 17.1. The van der Waals surface area contributed by atoms with Gasteiger partial charge in [0.2, 0.25) is 5.91 Å². The number of alkyl halides is 1. The second-order valence-electron chi connectivity index (χ2n) is 5.24. The molecule has 1 aliphatic rings. The Kier molecular flexibility index (Phi) is 6.83. The molecule has 0 radical (unpaired) electrons. The lowest BCUT2D eigenvalue weighted by Crippen LogP contribution is -2.34. The van der Waals surface area contributed by atoms with Crippen LogP contribution in [0.4, 0.5) is 0 Å². The van der Waals surface area contributed by atoms with Crippen molar-refractivity contribution in [3.05, 3.63) is 22.4 Å². The fourth-order valence-electron chi connectivity index (χ4n) is 2.53. The lowest BCUT2D eigenvalue weighted by atomic mass is 10.2. The van der Waals surface area contributed by atoms with E-state index in [0.717, 1.165) is 52.0 Å². The molecule has 0 spiro atoms. The van der Waals surface area contributed by atoms with Gasteiger partial charge in [0.25, 0.3) is 0 Å². The zero-order valence-corrected chi connectivity index (χ0v) is 13.5. The van der Waals surface area contributed by atoms with Crippen molar-refractivity contribution in [2.45, 2.75) is 32.2 Å². The van der Waals surface area contributed by atoms with Gasteiger partial charge >= 0.3 is 0 Å². The molecular formula is C15H23ClN2OS. The molecule has 1 saturated heterocycles. The monoisotopic (exact) mass is 314 g/mol. The van der Waals surface area contributed by atoms with Gasteiger partial charge in [-0.1, -0.05) is 6.07 Å². The standard InChI is InChI=1S/C15H23ClN2OS/c16-7-2-1-6-15(19)18-9-4-8-17(10-11-18)13-14-5-3-12-20-14/h3,5,12H,1-2,4,6-11,13H2. The number of rotatable bonds is 6. The van der Waals surface area contributed by atoms with E-state index in [1.807, 2.05) is 16.2 Å². The molecular weight excluding hydrogens is 292 g/mol. The molecule has 1 aromatic rings. The fraction of sp³-hybridized carbons (Fsp3) is 0.667. The summed E-state index contributed by atoms with van der Waals surface area (Å²) < 4.78 is 0. The maximum Gasteiger partial charge on any atom is 0.222 e. The van der Waals surface area contributed by atoms with Crippen LogP contribution in [0.5, 0.6) is 0 Å². The van der Waals surface area contributed by atoms with Crippen LogP contribution in [0.1, 0.15) is 30.6 Å². The first-order chi connectivity index (χ1) is 9.79. The summed E-state index contributed by atoms with van der Waals surface area (Å²) in [5, 5.41) is 2.12. The molecule has 0 bridgehead atoms. The summed E-state index contributed by atoms with van der Waals surface area (Å²) in [4.78, 5) is 18.0. The zero-order chi connectivity index (χ0) is 14.2. The number of amides is 1. The minimum atomic E-state index is 0.299. The van der Waals surface area contributed by atoms with Gasteiger partial charge < -0.3 is 4.90 Å². The highest BCUT2D eigenvalue weighted by atomic mass is 35.5. The van der Waals surface area contributed by atoms with Crippen molar-refractivity contribution < 1.29 is 4.79 Å². The van der Waals surface area contributed by atoms with Crippen molar-refractivity contribution in [2.24, 2.45) is 0 Å². The van der Waals surface area contributed by atoms with Crippen LogP contribution in [0.2, 0.25) is 0 Å². The third-order valence-electron chi connectivity index (χ3n) is 3.68. The quantitative estimate of drug-likeness (QED) is 0.595. The molecule has 0 aliphatic carbocycles. The number of thiophene rings is 1. The van der Waals surface area contributed by atoms with E-state index >= 15 is 0 Å². The second kappa shape index (κ2) is 8.65. The minimum absolute atomic E-state index is 0.299. The summed E-state index contributed by atoms with van der Waals surface area (Å²) in [6, 6.07) is 4.29. The van der Waals surface area contributed by atoms with Crippen LogP contribution in [0.15, 0.2) is 17.5 Å². The van der Waals surface area contributed by atoms with Gasteiger partial charge in [0.05, 0.1) is 0 Å². The first-order valence-corrected chi connectivity index (χ1v) is 8.79. The molecule has 112 valence electrons. The Morgan fingerprint density at radius 3 is 2.90 bits per heavy atom. The van der Waals surface area contributed by atoms with Gasteiger partial charge in [-0.05, 0) is 30.7 Å². The van der Waals surface area contributed by atoms with Crippen LogP contribution in [0.25, 0.3) is 0 Å². The Labute approximate surface area is 130 Å². The van der Waals surface area contributed by atoms with Gasteiger partial charge in [0.1, 0.15) is 0 Å². The summed E-state index contributed by atoms with van der Waals surface area (Å²) >= 11 is 7.46. The van der Waals surface area contributed by atoms with Crippen LogP contribution in [0.3, 0.4) is 0 Å². The predicted octanol–water partition coefficient (Wildman–Crippen LogP) is 3.19. The molecule has 0 aromatic carbocycles. The lowest BCUT2D eigenvalue weighted by molar-refractivity contribution is -0.131. The highest BCUT2D eigenvalue weighted by molar-refractivity contribution is 7.09. The molecule has 1 aliphatic heterocycles. The van der Waals surface area contributed by atoms with Gasteiger partial charge in [0, 0.05) is 49.9 Å². The van der Waals surface area contributed by atoms with E-state index < -0.39 is 0 Å². The summed E-state index contributed by atoms with van der Waals surface area (Å²) in [6.45, 7) is 4.86. The third-order valence-corrected chi connectivity index (χ3v) is 4.80. The van der Waals surface area contributed by atoms with Gasteiger partial charge in [-0.15, -0.1) is 22.9 Å². The van der Waals surface area contributed by atoms with E-state index in [1.54, 1.807) is 0 Å². The van der Waals surface area contributed by atoms with Gasteiger partial charge in [-0.25, -0.2) is 0 Å². The zero-order valence-electron chi connectivity index (χ0n) is 11.9. The molecule has 0 N–H and O–H groups in total. The molecule has 2 rings (SSSR count). The molecule has 0 atom stereocenters. The van der Waals surface area contributed by atoms with E-state index in [9.17, 15) is 4.79 Å². The minimum Gasteiger partial charge on any atom is -0.341 e. The third kappa shape index (κ3) is 5.08. The fourth-order valence-corrected chi connectivity index (χ4v) is 3.47. The Bertz CT molecular complexity index is 397. The van der Waals surface area contributed by atoms with Crippen LogP contribution < -0.4 is 0 Å². The molecule has 0 saturated carbocycles. The Morgan fingerprint density at radius 2 is 2.15 bits per heavy atom. The largest absolute Gasteiger partial charge is 0.341 e. The summed E-state index contributed by atoms with van der Waals surface area (Å²) in [5.74, 6) is 0.954. The number of nitrogens with zero attached hydrogens (tertiary/aromatic N) is 2. The Hall–Kier alpha value is -0.580. The highest BCUT2D eigenvalue weighted by Gasteiger charge is 2.18. The van der Waals surface area contributed by atoms with Crippen molar-refractivity contribution in [2.75, 3.05) is 32.1 Å². The van der Waals surface area contributed by atoms with Crippen LogP contribution in [0, 0.1) is 0 Å². The first-order valence-electron chi connectivity index (χ1n) is 7.38. The first kappa shape index (κ1) is 15.8. The molecule has 2 heterocycles. The average Bonchev–Trinajstić information content (AvgIpc) is 2.84. The van der Waals surface area contributed by atoms with Gasteiger partial charge in [-0.2, -0.15) is 0 Å². The van der Waals surface area contributed by atoms with Gasteiger partial charge in [-0.3, -0.25) is 9.69 Å². The summed E-state index contributed by atoms with van der Waals surface area (Å²) in [6.07, 6.45) is 3.58. The van der Waals surface area contributed by atoms with Crippen molar-refractivity contribution in [1.82, 2.24) is 9.80 Å². The lowest BCUT2D eigenvalue weighted by Gasteiger charge is -2.21. The molecule has 1 amide bonds. The molecule has 0 unspecified atom stereocenters. The summed E-state index contributed by atoms with van der Waals surface area (Å²) in [5.41, 5.74) is 0. The van der Waals surface area contributed by atoms with E-state index in [-0.39, 0.29) is 0 Å². The van der Waals surface area contributed by atoms with Crippen LogP contribution in [-0.4, -0.2) is 47.8 Å². The highest BCUT2D eigenvalue weighted by Crippen LogP contribution is 2.14.